The Balaban J connectivity index is 2.15. The molecule has 0 saturated carbocycles. The lowest BCUT2D eigenvalue weighted by molar-refractivity contribution is 0.606. The van der Waals surface area contributed by atoms with Gasteiger partial charge in [0.25, 0.3) is 0 Å². The summed E-state index contributed by atoms with van der Waals surface area (Å²) < 4.78 is 27.6. The Kier molecular flexibility index (Phi) is 3.62. The highest BCUT2D eigenvalue weighted by molar-refractivity contribution is 7.92. The highest BCUT2D eigenvalue weighted by Crippen LogP contribution is 2.23. The van der Waals surface area contributed by atoms with Gasteiger partial charge in [-0.25, -0.2) is 13.4 Å². The average Bonchev–Trinajstić information content (AvgIpc) is 2.76. The molecule has 0 aliphatic carbocycles. The van der Waals surface area contributed by atoms with Crippen LogP contribution in [-0.2, 0) is 16.6 Å². The van der Waals surface area contributed by atoms with Crippen LogP contribution in [0.1, 0.15) is 11.1 Å². The molecule has 6 heteroatoms. The van der Waals surface area contributed by atoms with Crippen LogP contribution in [0.5, 0.6) is 0 Å². The quantitative estimate of drug-likeness (QED) is 0.805. The van der Waals surface area contributed by atoms with Gasteiger partial charge in [-0.05, 0) is 30.2 Å². The molecule has 2 aromatic carbocycles. The monoisotopic (exact) mass is 315 g/mol. The smallest absolute Gasteiger partial charge is 0.232 e. The third-order valence-electron chi connectivity index (χ3n) is 3.36. The van der Waals surface area contributed by atoms with E-state index >= 15 is 0 Å². The fraction of sp³-hybridized carbons (Fsp3) is 0.188. The Bertz CT molecular complexity index is 915. The first-order valence-electron chi connectivity index (χ1n) is 6.91. The number of aromatic nitrogens is 2. The molecule has 0 spiro atoms. The molecule has 1 aromatic heterocycles. The van der Waals surface area contributed by atoms with Gasteiger partial charge in [-0.2, -0.15) is 0 Å². The van der Waals surface area contributed by atoms with E-state index in [-0.39, 0.29) is 0 Å². The Morgan fingerprint density at radius 3 is 2.55 bits per heavy atom. The molecule has 0 saturated heterocycles. The van der Waals surface area contributed by atoms with Gasteiger partial charge < -0.3 is 4.57 Å². The first kappa shape index (κ1) is 14.6. The van der Waals surface area contributed by atoms with E-state index in [0.717, 1.165) is 28.4 Å². The van der Waals surface area contributed by atoms with Crippen LogP contribution in [0.3, 0.4) is 0 Å². The second-order valence-corrected chi connectivity index (χ2v) is 7.12. The van der Waals surface area contributed by atoms with E-state index in [4.69, 9.17) is 0 Å². The molecule has 5 nitrogen and oxygen atoms in total. The standard InChI is InChI=1S/C16H17N3O2S/c1-12-8-9-14-15(10-12)19(11-13-6-4-3-5-7-13)16(17-14)18-22(2,20)21/h3-10H,11H2,1-2H3,(H,17,18). The van der Waals surface area contributed by atoms with E-state index in [1.807, 2.05) is 60.0 Å². The molecule has 1 heterocycles. The Morgan fingerprint density at radius 2 is 1.86 bits per heavy atom. The molecule has 3 rings (SSSR count). The summed E-state index contributed by atoms with van der Waals surface area (Å²) in [4.78, 5) is 4.41. The van der Waals surface area contributed by atoms with Gasteiger partial charge in [-0.15, -0.1) is 0 Å². The molecule has 1 N–H and O–H groups in total. The first-order chi connectivity index (χ1) is 10.4. The van der Waals surface area contributed by atoms with Crippen LogP contribution >= 0.6 is 0 Å². The highest BCUT2D eigenvalue weighted by Gasteiger charge is 2.14. The van der Waals surface area contributed by atoms with Crippen LogP contribution in [0.15, 0.2) is 48.5 Å². The zero-order valence-electron chi connectivity index (χ0n) is 12.4. The van der Waals surface area contributed by atoms with Crippen molar-refractivity contribution in [1.29, 1.82) is 0 Å². The minimum absolute atomic E-state index is 0.340. The van der Waals surface area contributed by atoms with Gasteiger partial charge in [0, 0.05) is 0 Å². The summed E-state index contributed by atoms with van der Waals surface area (Å²) in [6, 6.07) is 15.8. The molecule has 0 bridgehead atoms. The van der Waals surface area contributed by atoms with Crippen molar-refractivity contribution in [2.24, 2.45) is 0 Å². The van der Waals surface area contributed by atoms with E-state index in [1.165, 1.54) is 0 Å². The summed E-state index contributed by atoms with van der Waals surface area (Å²) in [7, 11) is -3.38. The number of benzene rings is 2. The number of aryl methyl sites for hydroxylation is 1. The molecule has 0 fully saturated rings. The summed E-state index contributed by atoms with van der Waals surface area (Å²) in [6.45, 7) is 2.56. The number of fused-ring (bicyclic) bond motifs is 1. The summed E-state index contributed by atoms with van der Waals surface area (Å²) >= 11 is 0. The maximum Gasteiger partial charge on any atom is 0.232 e. The number of hydrogen-bond acceptors (Lipinski definition) is 3. The third-order valence-corrected chi connectivity index (χ3v) is 3.92. The number of anilines is 1. The van der Waals surface area contributed by atoms with Crippen molar-refractivity contribution in [1.82, 2.24) is 9.55 Å². The highest BCUT2D eigenvalue weighted by atomic mass is 32.2. The molecule has 0 unspecified atom stereocenters. The van der Waals surface area contributed by atoms with Crippen molar-refractivity contribution in [3.8, 4) is 0 Å². The molecule has 3 aromatic rings. The van der Waals surface area contributed by atoms with E-state index in [1.54, 1.807) is 0 Å². The lowest BCUT2D eigenvalue weighted by Crippen LogP contribution is -2.15. The predicted molar refractivity (Wildman–Crippen MR) is 88.5 cm³/mol. The van der Waals surface area contributed by atoms with Gasteiger partial charge in [0.05, 0.1) is 23.8 Å². The number of nitrogens with one attached hydrogen (secondary N) is 1. The Labute approximate surface area is 129 Å². The van der Waals surface area contributed by atoms with Crippen LogP contribution in [0.25, 0.3) is 11.0 Å². The number of rotatable bonds is 4. The number of imidazole rings is 1. The van der Waals surface area contributed by atoms with Crippen LogP contribution < -0.4 is 4.72 Å². The van der Waals surface area contributed by atoms with Gasteiger partial charge in [-0.3, -0.25) is 4.72 Å². The number of nitrogens with zero attached hydrogens (tertiary/aromatic N) is 2. The zero-order chi connectivity index (χ0) is 15.7. The summed E-state index contributed by atoms with van der Waals surface area (Å²) in [5.74, 6) is 0.340. The predicted octanol–water partition coefficient (Wildman–Crippen LogP) is 2.76. The largest absolute Gasteiger partial charge is 0.305 e. The van der Waals surface area contributed by atoms with Gasteiger partial charge >= 0.3 is 0 Å². The van der Waals surface area contributed by atoms with Gasteiger partial charge in [0.2, 0.25) is 16.0 Å². The number of sulfonamides is 1. The van der Waals surface area contributed by atoms with E-state index in [2.05, 4.69) is 9.71 Å². The second kappa shape index (κ2) is 5.46. The third kappa shape index (κ3) is 3.12. The topological polar surface area (TPSA) is 64.0 Å². The molecular weight excluding hydrogens is 298 g/mol. The molecule has 0 radical (unpaired) electrons. The minimum atomic E-state index is -3.38. The fourth-order valence-corrected chi connectivity index (χ4v) is 2.89. The Hall–Kier alpha value is -2.34. The molecule has 114 valence electrons. The lowest BCUT2D eigenvalue weighted by atomic mass is 10.2. The van der Waals surface area contributed by atoms with E-state index < -0.39 is 10.0 Å². The van der Waals surface area contributed by atoms with Crippen molar-refractivity contribution in [2.75, 3.05) is 11.0 Å². The van der Waals surface area contributed by atoms with E-state index in [0.29, 0.717) is 12.5 Å². The van der Waals surface area contributed by atoms with Crippen LogP contribution in [-0.4, -0.2) is 24.2 Å². The van der Waals surface area contributed by atoms with Crippen LogP contribution in [0.4, 0.5) is 5.95 Å². The Morgan fingerprint density at radius 1 is 1.14 bits per heavy atom. The van der Waals surface area contributed by atoms with Crippen LogP contribution in [0, 0.1) is 6.92 Å². The maximum atomic E-state index is 11.6. The number of hydrogen-bond donors (Lipinski definition) is 1. The fourth-order valence-electron chi connectivity index (χ4n) is 2.40. The minimum Gasteiger partial charge on any atom is -0.305 e. The maximum absolute atomic E-state index is 11.6. The average molecular weight is 315 g/mol. The SMILES string of the molecule is Cc1ccc2nc(NS(C)(=O)=O)n(Cc3ccccc3)c2c1. The van der Waals surface area contributed by atoms with E-state index in [9.17, 15) is 8.42 Å². The summed E-state index contributed by atoms with van der Waals surface area (Å²) in [6.07, 6.45) is 1.13. The normalized spacial score (nSPS) is 11.7. The molecule has 22 heavy (non-hydrogen) atoms. The zero-order valence-corrected chi connectivity index (χ0v) is 13.3. The van der Waals surface area contributed by atoms with Crippen molar-refractivity contribution in [3.63, 3.8) is 0 Å². The molecule has 0 aliphatic heterocycles. The first-order valence-corrected chi connectivity index (χ1v) is 8.80. The molecule has 0 atom stereocenters. The van der Waals surface area contributed by atoms with Gasteiger partial charge in [-0.1, -0.05) is 36.4 Å². The van der Waals surface area contributed by atoms with Crippen molar-refractivity contribution in [2.45, 2.75) is 13.5 Å². The molecule has 0 aliphatic rings. The van der Waals surface area contributed by atoms with Crippen molar-refractivity contribution < 1.29 is 8.42 Å². The van der Waals surface area contributed by atoms with Crippen molar-refractivity contribution in [3.05, 3.63) is 59.7 Å². The van der Waals surface area contributed by atoms with Gasteiger partial charge in [0.15, 0.2) is 0 Å². The molecular formula is C16H17N3O2S. The van der Waals surface area contributed by atoms with Gasteiger partial charge in [0.1, 0.15) is 0 Å². The second-order valence-electron chi connectivity index (χ2n) is 5.37. The van der Waals surface area contributed by atoms with Crippen LogP contribution in [0.2, 0.25) is 0 Å². The van der Waals surface area contributed by atoms with Crippen molar-refractivity contribution >= 4 is 27.0 Å². The molecule has 0 amide bonds. The summed E-state index contributed by atoms with van der Waals surface area (Å²) in [5.41, 5.74) is 3.87. The lowest BCUT2D eigenvalue weighted by Gasteiger charge is -2.10. The summed E-state index contributed by atoms with van der Waals surface area (Å²) in [5, 5.41) is 0.